The van der Waals surface area contributed by atoms with Gasteiger partial charge in [-0.3, -0.25) is 4.79 Å². The molecule has 3 aliphatic rings. The van der Waals surface area contributed by atoms with Crippen LogP contribution in [0, 0.1) is 11.3 Å². The van der Waals surface area contributed by atoms with Crippen molar-refractivity contribution in [2.24, 2.45) is 4.99 Å². The number of hydrogen-bond donors (Lipinski definition) is 0. The quantitative estimate of drug-likeness (QED) is 0.660. The lowest BCUT2D eigenvalue weighted by molar-refractivity contribution is -0.159. The average Bonchev–Trinajstić information content (AvgIpc) is 2.98. The first-order chi connectivity index (χ1) is 9.09. The summed E-state index contributed by atoms with van der Waals surface area (Å²) in [5.74, 6) is -0.502. The molecule has 19 heavy (non-hydrogen) atoms. The summed E-state index contributed by atoms with van der Waals surface area (Å²) in [7, 11) is 0. The molecule has 0 N–H and O–H groups in total. The molecule has 2 fully saturated rings. The van der Waals surface area contributed by atoms with Crippen molar-refractivity contribution in [2.75, 3.05) is 6.61 Å². The predicted molar refractivity (Wildman–Crippen MR) is 61.1 cm³/mol. The number of rotatable bonds is 2. The van der Waals surface area contributed by atoms with E-state index < -0.39 is 23.8 Å². The predicted octanol–water partition coefficient (Wildman–Crippen LogP) is 0.143. The Balaban J connectivity index is 1.82. The summed E-state index contributed by atoms with van der Waals surface area (Å²) in [5, 5.41) is 9.35. The van der Waals surface area contributed by atoms with Crippen molar-refractivity contribution in [1.29, 1.82) is 5.26 Å². The fraction of sp³-hybridized carbons (Fsp3) is 0.750. The average molecular weight is 266 g/mol. The summed E-state index contributed by atoms with van der Waals surface area (Å²) in [6.07, 6.45) is -0.752. The normalized spacial score (nSPS) is 42.1. The molecule has 102 valence electrons. The molecule has 0 aliphatic carbocycles. The van der Waals surface area contributed by atoms with Crippen LogP contribution in [-0.2, 0) is 23.7 Å². The van der Waals surface area contributed by atoms with Crippen LogP contribution >= 0.6 is 0 Å². The number of hydrogen-bond acceptors (Lipinski definition) is 7. The maximum atomic E-state index is 11.2. The summed E-state index contributed by atoms with van der Waals surface area (Å²) >= 11 is 0. The maximum Gasteiger partial charge on any atom is 0.384 e. The highest BCUT2D eigenvalue weighted by atomic mass is 16.7. The van der Waals surface area contributed by atoms with E-state index in [0.717, 1.165) is 0 Å². The third kappa shape index (κ3) is 1.67. The van der Waals surface area contributed by atoms with Crippen LogP contribution in [0.2, 0.25) is 0 Å². The molecular formula is C12H14N2O5. The second-order valence-corrected chi connectivity index (χ2v) is 4.80. The lowest BCUT2D eigenvalue weighted by Gasteiger charge is -2.31. The number of aliphatic imine (C=N–C) groups is 1. The lowest BCUT2D eigenvalue weighted by atomic mass is 9.81. The molecular weight excluding hydrogens is 252 g/mol. The number of ether oxygens (including phenoxy) is 4. The minimum Gasteiger partial charge on any atom is -0.451 e. The van der Waals surface area contributed by atoms with Crippen LogP contribution in [-0.4, -0.2) is 48.6 Å². The Morgan fingerprint density at radius 2 is 2.47 bits per heavy atom. The van der Waals surface area contributed by atoms with E-state index in [1.54, 1.807) is 0 Å². The summed E-state index contributed by atoms with van der Waals surface area (Å²) in [4.78, 5) is 15.5. The lowest BCUT2D eigenvalue weighted by Crippen LogP contribution is -2.52. The first-order valence-corrected chi connectivity index (χ1v) is 6.23. The molecule has 0 aromatic rings. The van der Waals surface area contributed by atoms with Gasteiger partial charge < -0.3 is 18.9 Å². The summed E-state index contributed by atoms with van der Waals surface area (Å²) in [6, 6.07) is 1.88. The number of nitriles is 1. The highest BCUT2D eigenvalue weighted by molar-refractivity contribution is 5.70. The third-order valence-electron chi connectivity index (χ3n) is 3.58. The minimum absolute atomic E-state index is 0.177. The first-order valence-electron chi connectivity index (χ1n) is 6.23. The molecule has 7 nitrogen and oxygen atoms in total. The zero-order valence-corrected chi connectivity index (χ0v) is 10.7. The van der Waals surface area contributed by atoms with Gasteiger partial charge in [0, 0.05) is 13.3 Å². The number of nitrogens with zero attached hydrogens (tertiary/aromatic N) is 2. The van der Waals surface area contributed by atoms with Gasteiger partial charge in [0.15, 0.2) is 12.2 Å². The van der Waals surface area contributed by atoms with Gasteiger partial charge in [-0.15, -0.1) is 0 Å². The van der Waals surface area contributed by atoms with E-state index >= 15 is 0 Å². The van der Waals surface area contributed by atoms with Crippen molar-refractivity contribution in [1.82, 2.24) is 0 Å². The molecule has 7 heteroatoms. The molecule has 0 aromatic heterocycles. The van der Waals surface area contributed by atoms with E-state index in [0.29, 0.717) is 13.0 Å². The van der Waals surface area contributed by atoms with Crippen molar-refractivity contribution in [3.05, 3.63) is 0 Å². The Hall–Kier alpha value is -1.81. The van der Waals surface area contributed by atoms with E-state index in [1.807, 2.05) is 6.92 Å². The Labute approximate surface area is 110 Å². The number of fused-ring (bicyclic) bond motifs is 5. The molecule has 0 aromatic carbocycles. The molecule has 0 saturated carbocycles. The van der Waals surface area contributed by atoms with Crippen molar-refractivity contribution in [3.63, 3.8) is 0 Å². The topological polar surface area (TPSA) is 90.1 Å². The molecule has 3 heterocycles. The molecule has 2 saturated heterocycles. The van der Waals surface area contributed by atoms with Crippen LogP contribution in [0.15, 0.2) is 4.99 Å². The smallest absolute Gasteiger partial charge is 0.384 e. The monoisotopic (exact) mass is 266 g/mol. The Kier molecular flexibility index (Phi) is 2.64. The molecule has 5 atom stereocenters. The van der Waals surface area contributed by atoms with Gasteiger partial charge in [0.25, 0.3) is 0 Å². The van der Waals surface area contributed by atoms with Crippen LogP contribution in [0.1, 0.15) is 20.3 Å². The molecule has 0 spiro atoms. The largest absolute Gasteiger partial charge is 0.451 e. The minimum atomic E-state index is -1.27. The van der Waals surface area contributed by atoms with Crippen LogP contribution in [0.3, 0.4) is 0 Å². The van der Waals surface area contributed by atoms with E-state index in [-0.39, 0.29) is 18.2 Å². The Bertz CT molecular complexity index is 485. The second kappa shape index (κ2) is 4.10. The van der Waals surface area contributed by atoms with E-state index in [2.05, 4.69) is 11.1 Å². The van der Waals surface area contributed by atoms with Gasteiger partial charge in [-0.1, -0.05) is 0 Å². The molecule has 0 radical (unpaired) electrons. The molecule has 0 unspecified atom stereocenters. The van der Waals surface area contributed by atoms with Gasteiger partial charge in [0.05, 0.1) is 12.7 Å². The van der Waals surface area contributed by atoms with Gasteiger partial charge in [-0.2, -0.15) is 5.26 Å². The number of carbonyl (C=O) groups is 1. The van der Waals surface area contributed by atoms with Gasteiger partial charge in [0.2, 0.25) is 5.60 Å². The van der Waals surface area contributed by atoms with E-state index in [4.69, 9.17) is 18.9 Å². The maximum absolute atomic E-state index is 11.2. The van der Waals surface area contributed by atoms with Crippen LogP contribution < -0.4 is 0 Å². The van der Waals surface area contributed by atoms with Crippen LogP contribution in [0.4, 0.5) is 0 Å². The van der Waals surface area contributed by atoms with Crippen molar-refractivity contribution in [2.45, 2.75) is 50.2 Å². The molecule has 0 amide bonds. The first kappa shape index (κ1) is 12.2. The summed E-state index contributed by atoms with van der Waals surface area (Å²) in [6.45, 7) is 3.57. The fourth-order valence-electron chi connectivity index (χ4n) is 2.94. The van der Waals surface area contributed by atoms with Crippen molar-refractivity contribution >= 4 is 12.1 Å². The second-order valence-electron chi connectivity index (χ2n) is 4.80. The summed E-state index contributed by atoms with van der Waals surface area (Å²) in [5.41, 5.74) is -1.27. The zero-order valence-electron chi connectivity index (χ0n) is 10.7. The molecule has 2 bridgehead atoms. The van der Waals surface area contributed by atoms with Crippen molar-refractivity contribution in [3.8, 4) is 6.07 Å². The Morgan fingerprint density at radius 1 is 1.68 bits per heavy atom. The number of esters is 1. The van der Waals surface area contributed by atoms with Gasteiger partial charge in [-0.25, -0.2) is 4.99 Å². The van der Waals surface area contributed by atoms with Gasteiger partial charge >= 0.3 is 12.1 Å². The van der Waals surface area contributed by atoms with Crippen LogP contribution in [0.5, 0.6) is 0 Å². The standard InChI is InChI=1S/C12H14N2O5/c1-3-16-11-14-8-7-4-12(5-13,19-6(2)15)10(17-7)9(8)18-11/h7-10H,3-4H2,1-2H3/t7-,8-,9-,10-,12+/m1/s1. The fourth-order valence-corrected chi connectivity index (χ4v) is 2.94. The van der Waals surface area contributed by atoms with E-state index in [9.17, 15) is 10.1 Å². The van der Waals surface area contributed by atoms with E-state index in [1.165, 1.54) is 6.92 Å². The highest BCUT2D eigenvalue weighted by Gasteiger charge is 2.68. The highest BCUT2D eigenvalue weighted by Crippen LogP contribution is 2.48. The Morgan fingerprint density at radius 3 is 3.11 bits per heavy atom. The molecule has 3 rings (SSSR count). The van der Waals surface area contributed by atoms with Crippen LogP contribution in [0.25, 0.3) is 0 Å². The van der Waals surface area contributed by atoms with Gasteiger partial charge in [-0.05, 0) is 6.92 Å². The van der Waals surface area contributed by atoms with Crippen molar-refractivity contribution < 1.29 is 23.7 Å². The molecule has 3 aliphatic heterocycles. The van der Waals surface area contributed by atoms with Gasteiger partial charge in [0.1, 0.15) is 12.1 Å². The summed E-state index contributed by atoms with van der Waals surface area (Å²) < 4.78 is 21.7. The SMILES string of the molecule is CCOC1=N[C@H]2[C@@H](O1)[C@H]1O[C@@H]2C[C@@]1(C#N)OC(C)=O. The third-order valence-corrected chi connectivity index (χ3v) is 3.58. The number of carbonyl (C=O) groups excluding carboxylic acids is 1. The zero-order chi connectivity index (χ0) is 13.6.